The van der Waals surface area contributed by atoms with Crippen LogP contribution in [0.25, 0.3) is 0 Å². The molecule has 0 bridgehead atoms. The predicted molar refractivity (Wildman–Crippen MR) is 72.3 cm³/mol. The van der Waals surface area contributed by atoms with E-state index in [0.29, 0.717) is 17.2 Å². The molecule has 0 amide bonds. The number of anilines is 1. The van der Waals surface area contributed by atoms with Gasteiger partial charge in [-0.2, -0.15) is 0 Å². The van der Waals surface area contributed by atoms with E-state index in [0.717, 1.165) is 5.69 Å². The van der Waals surface area contributed by atoms with Gasteiger partial charge in [0.1, 0.15) is 0 Å². The molecule has 0 radical (unpaired) electrons. The molecule has 2 aromatic rings. The number of rotatable bonds is 3. The number of hydrogen-bond acceptors (Lipinski definition) is 5. The van der Waals surface area contributed by atoms with Crippen LogP contribution in [0.15, 0.2) is 41.4 Å². The molecule has 0 unspecified atom stereocenters. The van der Waals surface area contributed by atoms with Crippen LogP contribution < -0.4 is 14.2 Å². The highest BCUT2D eigenvalue weighted by atomic mass is 32.2. The average Bonchev–Trinajstić information content (AvgIpc) is 2.85. The summed E-state index contributed by atoms with van der Waals surface area (Å²) >= 11 is 0. The summed E-state index contributed by atoms with van der Waals surface area (Å²) in [4.78, 5) is 4.14. The molecule has 1 aliphatic heterocycles. The lowest BCUT2D eigenvalue weighted by atomic mass is 10.3. The Morgan fingerprint density at radius 1 is 1.15 bits per heavy atom. The molecule has 2 heterocycles. The van der Waals surface area contributed by atoms with Crippen LogP contribution in [0.2, 0.25) is 0 Å². The van der Waals surface area contributed by atoms with Crippen molar-refractivity contribution in [1.82, 2.24) is 4.98 Å². The number of pyridine rings is 1. The number of ether oxygens (including phenoxy) is 2. The number of nitrogens with one attached hydrogen (secondary N) is 1. The number of sulfonamides is 1. The number of benzene rings is 1. The van der Waals surface area contributed by atoms with Gasteiger partial charge in [-0.05, 0) is 31.2 Å². The van der Waals surface area contributed by atoms with Crippen LogP contribution in [0.3, 0.4) is 0 Å². The molecular formula is C13H12N2O4S. The number of fused-ring (bicyclic) bond motifs is 1. The smallest absolute Gasteiger partial charge is 0.262 e. The zero-order chi connectivity index (χ0) is 14.2. The SMILES string of the molecule is Cc1cc(NS(=O)(=O)c2ccc3c(c2)OCO3)ccn1. The van der Waals surface area contributed by atoms with Crippen molar-refractivity contribution < 1.29 is 17.9 Å². The number of hydrogen-bond donors (Lipinski definition) is 1. The van der Waals surface area contributed by atoms with Gasteiger partial charge in [-0.3, -0.25) is 9.71 Å². The second kappa shape index (κ2) is 4.68. The fraction of sp³-hybridized carbons (Fsp3) is 0.154. The van der Waals surface area contributed by atoms with Crippen molar-refractivity contribution in [2.45, 2.75) is 11.8 Å². The molecular weight excluding hydrogens is 280 g/mol. The lowest BCUT2D eigenvalue weighted by molar-refractivity contribution is 0.174. The fourth-order valence-corrected chi connectivity index (χ4v) is 2.93. The summed E-state index contributed by atoms with van der Waals surface area (Å²) < 4.78 is 37.4. The first-order chi connectivity index (χ1) is 9.54. The van der Waals surface area contributed by atoms with Crippen molar-refractivity contribution in [3.05, 3.63) is 42.2 Å². The number of nitrogens with zero attached hydrogens (tertiary/aromatic N) is 1. The Kier molecular flexibility index (Phi) is 2.98. The monoisotopic (exact) mass is 292 g/mol. The summed E-state index contributed by atoms with van der Waals surface area (Å²) in [7, 11) is -3.66. The second-order valence-corrected chi connectivity index (χ2v) is 5.99. The van der Waals surface area contributed by atoms with Crippen molar-refractivity contribution in [3.8, 4) is 11.5 Å². The van der Waals surface area contributed by atoms with Gasteiger partial charge in [-0.25, -0.2) is 8.42 Å². The van der Waals surface area contributed by atoms with Gasteiger partial charge in [-0.15, -0.1) is 0 Å². The minimum atomic E-state index is -3.66. The molecule has 1 N–H and O–H groups in total. The van der Waals surface area contributed by atoms with E-state index >= 15 is 0 Å². The van der Waals surface area contributed by atoms with E-state index in [1.165, 1.54) is 12.1 Å². The minimum absolute atomic E-state index is 0.107. The van der Waals surface area contributed by atoms with Gasteiger partial charge in [0.05, 0.1) is 10.6 Å². The third-order valence-electron chi connectivity index (χ3n) is 2.80. The van der Waals surface area contributed by atoms with E-state index in [-0.39, 0.29) is 11.7 Å². The van der Waals surface area contributed by atoms with E-state index in [1.807, 2.05) is 0 Å². The Labute approximate surface area is 116 Å². The maximum Gasteiger partial charge on any atom is 0.262 e. The Morgan fingerprint density at radius 3 is 2.75 bits per heavy atom. The van der Waals surface area contributed by atoms with E-state index in [2.05, 4.69) is 9.71 Å². The zero-order valence-electron chi connectivity index (χ0n) is 10.7. The van der Waals surface area contributed by atoms with Gasteiger partial charge in [-0.1, -0.05) is 0 Å². The maximum atomic E-state index is 12.3. The van der Waals surface area contributed by atoms with Crippen LogP contribution in [-0.4, -0.2) is 20.2 Å². The molecule has 3 rings (SSSR count). The van der Waals surface area contributed by atoms with E-state index in [4.69, 9.17) is 9.47 Å². The largest absolute Gasteiger partial charge is 0.454 e. The van der Waals surface area contributed by atoms with Crippen molar-refractivity contribution in [2.24, 2.45) is 0 Å². The normalized spacial score (nSPS) is 13.2. The summed E-state index contributed by atoms with van der Waals surface area (Å²) in [6.07, 6.45) is 1.55. The average molecular weight is 292 g/mol. The summed E-state index contributed by atoms with van der Waals surface area (Å²) in [6, 6.07) is 7.75. The van der Waals surface area contributed by atoms with Gasteiger partial charge >= 0.3 is 0 Å². The van der Waals surface area contributed by atoms with E-state index in [9.17, 15) is 8.42 Å². The van der Waals surface area contributed by atoms with Crippen LogP contribution in [0.4, 0.5) is 5.69 Å². The Balaban J connectivity index is 1.92. The standard InChI is InChI=1S/C13H12N2O4S/c1-9-6-10(4-5-14-9)15-20(16,17)11-2-3-12-13(7-11)19-8-18-12/h2-7H,8H2,1H3,(H,14,15). The Morgan fingerprint density at radius 2 is 1.95 bits per heavy atom. The highest BCUT2D eigenvalue weighted by molar-refractivity contribution is 7.92. The third-order valence-corrected chi connectivity index (χ3v) is 4.18. The molecule has 20 heavy (non-hydrogen) atoms. The molecule has 104 valence electrons. The molecule has 7 heteroatoms. The van der Waals surface area contributed by atoms with Crippen molar-refractivity contribution >= 4 is 15.7 Å². The fourth-order valence-electron chi connectivity index (χ4n) is 1.87. The van der Waals surface area contributed by atoms with Gasteiger partial charge in [0.25, 0.3) is 10.0 Å². The topological polar surface area (TPSA) is 77.5 Å². The summed E-state index contributed by atoms with van der Waals surface area (Å²) in [5.41, 5.74) is 1.20. The minimum Gasteiger partial charge on any atom is -0.454 e. The first-order valence-electron chi connectivity index (χ1n) is 5.90. The highest BCUT2D eigenvalue weighted by Gasteiger charge is 2.20. The summed E-state index contributed by atoms with van der Waals surface area (Å²) in [5.74, 6) is 0.975. The molecule has 0 spiro atoms. The lowest BCUT2D eigenvalue weighted by Gasteiger charge is -2.08. The van der Waals surface area contributed by atoms with Gasteiger partial charge in [0.2, 0.25) is 6.79 Å². The Hall–Kier alpha value is -2.28. The van der Waals surface area contributed by atoms with E-state index < -0.39 is 10.0 Å². The molecule has 0 fully saturated rings. The molecule has 0 saturated carbocycles. The lowest BCUT2D eigenvalue weighted by Crippen LogP contribution is -2.13. The van der Waals surface area contributed by atoms with Gasteiger partial charge < -0.3 is 9.47 Å². The van der Waals surface area contributed by atoms with Gasteiger partial charge in [0, 0.05) is 18.0 Å². The van der Waals surface area contributed by atoms with Crippen LogP contribution in [0, 0.1) is 6.92 Å². The molecule has 0 aliphatic carbocycles. The maximum absolute atomic E-state index is 12.3. The highest BCUT2D eigenvalue weighted by Crippen LogP contribution is 2.34. The molecule has 1 aromatic carbocycles. The van der Waals surface area contributed by atoms with E-state index in [1.54, 1.807) is 31.3 Å². The molecule has 1 aromatic heterocycles. The first-order valence-corrected chi connectivity index (χ1v) is 7.38. The van der Waals surface area contributed by atoms with Crippen LogP contribution in [-0.2, 0) is 10.0 Å². The first kappa shape index (κ1) is 12.7. The van der Waals surface area contributed by atoms with Crippen LogP contribution in [0.5, 0.6) is 11.5 Å². The third kappa shape index (κ3) is 2.39. The van der Waals surface area contributed by atoms with Crippen molar-refractivity contribution in [3.63, 3.8) is 0 Å². The molecule has 0 saturated heterocycles. The van der Waals surface area contributed by atoms with Crippen LogP contribution in [0.1, 0.15) is 5.69 Å². The summed E-state index contributed by atoms with van der Waals surface area (Å²) in [5, 5.41) is 0. The van der Waals surface area contributed by atoms with Crippen molar-refractivity contribution in [2.75, 3.05) is 11.5 Å². The van der Waals surface area contributed by atoms with Crippen molar-refractivity contribution in [1.29, 1.82) is 0 Å². The zero-order valence-corrected chi connectivity index (χ0v) is 11.5. The van der Waals surface area contributed by atoms with Crippen LogP contribution >= 0.6 is 0 Å². The predicted octanol–water partition coefficient (Wildman–Crippen LogP) is 1.92. The Bertz CT molecular complexity index is 759. The molecule has 1 aliphatic rings. The van der Waals surface area contributed by atoms with Gasteiger partial charge in [0.15, 0.2) is 11.5 Å². The second-order valence-electron chi connectivity index (χ2n) is 4.31. The number of aryl methyl sites for hydroxylation is 1. The summed E-state index contributed by atoms with van der Waals surface area (Å²) in [6.45, 7) is 1.90. The molecule has 0 atom stereocenters. The quantitative estimate of drug-likeness (QED) is 0.935. The number of aromatic nitrogens is 1. The molecule has 6 nitrogen and oxygen atoms in total.